The molecule has 0 radical (unpaired) electrons. The van der Waals surface area contributed by atoms with Gasteiger partial charge in [0.1, 0.15) is 0 Å². The van der Waals surface area contributed by atoms with Crippen LogP contribution in [0.15, 0.2) is 6.20 Å². The summed E-state index contributed by atoms with van der Waals surface area (Å²) in [6.07, 6.45) is -3.97. The van der Waals surface area contributed by atoms with Crippen LogP contribution >= 0.6 is 0 Å². The number of hydrogen-bond donors (Lipinski definition) is 0. The van der Waals surface area contributed by atoms with Crippen molar-refractivity contribution in [1.29, 1.82) is 0 Å². The van der Waals surface area contributed by atoms with E-state index in [1.165, 1.54) is 7.05 Å². The van der Waals surface area contributed by atoms with Gasteiger partial charge in [0, 0.05) is 18.8 Å². The summed E-state index contributed by atoms with van der Waals surface area (Å²) in [5.74, 6) is -3.00. The molecule has 1 saturated heterocycles. The zero-order valence-electron chi connectivity index (χ0n) is 8.61. The van der Waals surface area contributed by atoms with Gasteiger partial charge < -0.3 is 4.74 Å². The number of rotatable bonds is 1. The van der Waals surface area contributed by atoms with Crippen molar-refractivity contribution in [2.75, 3.05) is 0 Å². The Morgan fingerprint density at radius 1 is 1.47 bits per heavy atom. The molecule has 2 rings (SSSR count). The molecule has 0 N–H and O–H groups in total. The highest BCUT2D eigenvalue weighted by molar-refractivity contribution is 5.97. The van der Waals surface area contributed by atoms with E-state index in [1.807, 2.05) is 0 Å². The van der Waals surface area contributed by atoms with E-state index in [1.54, 1.807) is 0 Å². The maximum Gasteiger partial charge on any atom is 0.435 e. The third kappa shape index (κ3) is 2.02. The van der Waals surface area contributed by atoms with Gasteiger partial charge in [-0.3, -0.25) is 14.3 Å². The molecule has 1 atom stereocenters. The van der Waals surface area contributed by atoms with E-state index in [4.69, 9.17) is 0 Å². The van der Waals surface area contributed by atoms with E-state index in [9.17, 15) is 22.8 Å². The molecule has 0 bridgehead atoms. The van der Waals surface area contributed by atoms with Crippen LogP contribution in [0, 0.1) is 0 Å². The van der Waals surface area contributed by atoms with Gasteiger partial charge in [0.25, 0.3) is 0 Å². The Morgan fingerprint density at radius 2 is 2.12 bits per heavy atom. The lowest BCUT2D eigenvalue weighted by molar-refractivity contribution is -0.152. The highest BCUT2D eigenvalue weighted by Crippen LogP contribution is 2.37. The Bertz CT molecular complexity index is 492. The van der Waals surface area contributed by atoms with Crippen LogP contribution in [0.25, 0.3) is 0 Å². The van der Waals surface area contributed by atoms with Crippen molar-refractivity contribution in [1.82, 2.24) is 9.78 Å². The van der Waals surface area contributed by atoms with Gasteiger partial charge in [-0.25, -0.2) is 0 Å². The normalized spacial score (nSPS) is 20.8. The van der Waals surface area contributed by atoms with Gasteiger partial charge in [-0.15, -0.1) is 0 Å². The molecule has 8 heteroatoms. The monoisotopic (exact) mass is 248 g/mol. The van der Waals surface area contributed by atoms with Gasteiger partial charge in [-0.2, -0.15) is 18.3 Å². The molecule has 0 aliphatic carbocycles. The second-order valence-corrected chi connectivity index (χ2v) is 3.65. The Labute approximate surface area is 93.2 Å². The Morgan fingerprint density at radius 3 is 2.59 bits per heavy atom. The number of aromatic nitrogens is 2. The molecule has 92 valence electrons. The van der Waals surface area contributed by atoms with Crippen molar-refractivity contribution in [2.45, 2.75) is 18.5 Å². The second-order valence-electron chi connectivity index (χ2n) is 3.65. The molecule has 0 spiro atoms. The van der Waals surface area contributed by atoms with E-state index in [0.29, 0.717) is 0 Å². The van der Waals surface area contributed by atoms with Crippen LogP contribution in [0.5, 0.6) is 0 Å². The zero-order valence-corrected chi connectivity index (χ0v) is 8.61. The first-order valence-electron chi connectivity index (χ1n) is 4.64. The molecule has 1 aliphatic rings. The smallest absolute Gasteiger partial charge is 0.393 e. The largest absolute Gasteiger partial charge is 0.435 e. The van der Waals surface area contributed by atoms with Crippen LogP contribution in [0.4, 0.5) is 13.2 Å². The molecule has 0 saturated carbocycles. The Kier molecular flexibility index (Phi) is 2.44. The van der Waals surface area contributed by atoms with Crippen molar-refractivity contribution in [3.8, 4) is 0 Å². The SMILES string of the molecule is Cn1cc(C2CC(=O)OC2=O)c(C(F)(F)F)n1. The van der Waals surface area contributed by atoms with Crippen molar-refractivity contribution < 1.29 is 27.5 Å². The standard InChI is InChI=1S/C9H7F3N2O3/c1-14-3-5(7(13-14)9(10,11)12)4-2-6(15)17-8(4)16/h3-4H,2H2,1H3. The average molecular weight is 248 g/mol. The summed E-state index contributed by atoms with van der Waals surface area (Å²) in [6.45, 7) is 0. The molecule has 1 fully saturated rings. The fourth-order valence-electron chi connectivity index (χ4n) is 1.69. The third-order valence-corrected chi connectivity index (χ3v) is 2.37. The van der Waals surface area contributed by atoms with Gasteiger partial charge in [0.05, 0.1) is 12.3 Å². The number of alkyl halides is 3. The van der Waals surface area contributed by atoms with E-state index in [-0.39, 0.29) is 12.0 Å². The van der Waals surface area contributed by atoms with Crippen LogP contribution < -0.4 is 0 Å². The highest BCUT2D eigenvalue weighted by atomic mass is 19.4. The first-order chi connectivity index (χ1) is 7.79. The first-order valence-corrected chi connectivity index (χ1v) is 4.64. The Balaban J connectivity index is 2.45. The van der Waals surface area contributed by atoms with Crippen molar-refractivity contribution in [3.63, 3.8) is 0 Å². The lowest BCUT2D eigenvalue weighted by Gasteiger charge is -2.07. The van der Waals surface area contributed by atoms with Crippen LogP contribution in [0.3, 0.4) is 0 Å². The highest BCUT2D eigenvalue weighted by Gasteiger charge is 2.44. The molecular formula is C9H7F3N2O3. The minimum atomic E-state index is -4.66. The topological polar surface area (TPSA) is 61.2 Å². The molecule has 1 aliphatic heterocycles. The fourth-order valence-corrected chi connectivity index (χ4v) is 1.69. The summed E-state index contributed by atoms with van der Waals surface area (Å²) in [6, 6.07) is 0. The van der Waals surface area contributed by atoms with Crippen molar-refractivity contribution in [2.24, 2.45) is 7.05 Å². The van der Waals surface area contributed by atoms with E-state index in [0.717, 1.165) is 10.9 Å². The van der Waals surface area contributed by atoms with E-state index in [2.05, 4.69) is 9.84 Å². The zero-order chi connectivity index (χ0) is 12.8. The molecule has 2 heterocycles. The predicted octanol–water partition coefficient (Wildman–Crippen LogP) is 0.996. The molecule has 1 unspecified atom stereocenters. The fraction of sp³-hybridized carbons (Fsp3) is 0.444. The summed E-state index contributed by atoms with van der Waals surface area (Å²) in [5.41, 5.74) is -1.48. The molecule has 0 aromatic carbocycles. The molecule has 1 aromatic heterocycles. The molecule has 17 heavy (non-hydrogen) atoms. The van der Waals surface area contributed by atoms with Crippen LogP contribution in [0.2, 0.25) is 0 Å². The van der Waals surface area contributed by atoms with Gasteiger partial charge in [0.15, 0.2) is 5.69 Å². The minimum absolute atomic E-state index is 0.323. The minimum Gasteiger partial charge on any atom is -0.393 e. The van der Waals surface area contributed by atoms with Crippen LogP contribution in [-0.4, -0.2) is 21.7 Å². The first kappa shape index (κ1) is 11.6. The summed E-state index contributed by atoms with van der Waals surface area (Å²) in [4.78, 5) is 22.1. The number of cyclic esters (lactones) is 2. The van der Waals surface area contributed by atoms with Crippen LogP contribution in [-0.2, 0) is 27.5 Å². The molecule has 0 amide bonds. The number of ether oxygens (including phenoxy) is 1. The number of esters is 2. The number of nitrogens with zero attached hydrogens (tertiary/aromatic N) is 2. The van der Waals surface area contributed by atoms with Crippen LogP contribution in [0.1, 0.15) is 23.6 Å². The maximum atomic E-state index is 12.6. The number of hydrogen-bond acceptors (Lipinski definition) is 4. The summed E-state index contributed by atoms with van der Waals surface area (Å²) < 4.78 is 43.1. The average Bonchev–Trinajstić information content (AvgIpc) is 2.68. The maximum absolute atomic E-state index is 12.6. The second kappa shape index (κ2) is 3.57. The number of halogens is 3. The molecule has 1 aromatic rings. The molecular weight excluding hydrogens is 241 g/mol. The van der Waals surface area contributed by atoms with Gasteiger partial charge in [-0.1, -0.05) is 0 Å². The van der Waals surface area contributed by atoms with Crippen molar-refractivity contribution >= 4 is 11.9 Å². The summed E-state index contributed by atoms with van der Waals surface area (Å²) >= 11 is 0. The summed E-state index contributed by atoms with van der Waals surface area (Å²) in [7, 11) is 1.31. The predicted molar refractivity (Wildman–Crippen MR) is 46.7 cm³/mol. The van der Waals surface area contributed by atoms with Gasteiger partial charge in [-0.05, 0) is 0 Å². The van der Waals surface area contributed by atoms with E-state index >= 15 is 0 Å². The van der Waals surface area contributed by atoms with Gasteiger partial charge >= 0.3 is 18.1 Å². The third-order valence-electron chi connectivity index (χ3n) is 2.37. The quantitative estimate of drug-likeness (QED) is 0.549. The number of aryl methyl sites for hydroxylation is 1. The molecule has 5 nitrogen and oxygen atoms in total. The summed E-state index contributed by atoms with van der Waals surface area (Å²) in [5, 5.41) is 3.26. The van der Waals surface area contributed by atoms with Gasteiger partial charge in [0.2, 0.25) is 0 Å². The lowest BCUT2D eigenvalue weighted by atomic mass is 9.98. The lowest BCUT2D eigenvalue weighted by Crippen LogP contribution is -2.14. The van der Waals surface area contributed by atoms with E-state index < -0.39 is 29.7 Å². The number of carbonyl (C=O) groups excluding carboxylic acids is 2. The number of carbonyl (C=O) groups is 2. The van der Waals surface area contributed by atoms with Crippen molar-refractivity contribution in [3.05, 3.63) is 17.5 Å². The Hall–Kier alpha value is -1.86.